The molecule has 0 radical (unpaired) electrons. The Morgan fingerprint density at radius 1 is 1.03 bits per heavy atom. The molecule has 2 aromatic carbocycles. The van der Waals surface area contributed by atoms with Crippen molar-refractivity contribution in [2.24, 2.45) is 0 Å². The molecule has 2 aromatic rings. The number of anilines is 1. The molecular formula is C28H39BrN4O4S. The Kier molecular flexibility index (Phi) is 10.4. The topological polar surface area (TPSA) is 90.0 Å². The van der Waals surface area contributed by atoms with Crippen molar-refractivity contribution in [3.63, 3.8) is 0 Å². The van der Waals surface area contributed by atoms with Gasteiger partial charge in [-0.05, 0) is 68.5 Å². The third-order valence-corrected chi connectivity index (χ3v) is 9.37. The number of benzene rings is 2. The molecule has 38 heavy (non-hydrogen) atoms. The van der Waals surface area contributed by atoms with Crippen molar-refractivity contribution < 1.29 is 18.0 Å². The second-order valence-corrected chi connectivity index (χ2v) is 13.2. The highest BCUT2D eigenvalue weighted by molar-refractivity contribution is 9.10. The van der Waals surface area contributed by atoms with E-state index in [0.29, 0.717) is 5.69 Å². The normalized spacial score (nSPS) is 15.2. The first-order chi connectivity index (χ1) is 17.9. The predicted molar refractivity (Wildman–Crippen MR) is 155 cm³/mol. The van der Waals surface area contributed by atoms with E-state index >= 15 is 0 Å². The summed E-state index contributed by atoms with van der Waals surface area (Å²) in [6.45, 7) is 5.15. The number of nitrogens with one attached hydrogen (secondary N) is 1. The molecule has 0 unspecified atom stereocenters. The van der Waals surface area contributed by atoms with Crippen molar-refractivity contribution in [3.05, 3.63) is 63.6 Å². The molecule has 8 nitrogen and oxygen atoms in total. The summed E-state index contributed by atoms with van der Waals surface area (Å²) in [5, 5.41) is 3.12. The van der Waals surface area contributed by atoms with Gasteiger partial charge < -0.3 is 10.2 Å². The summed E-state index contributed by atoms with van der Waals surface area (Å²) in [5.41, 5.74) is 2.89. The van der Waals surface area contributed by atoms with E-state index in [1.54, 1.807) is 13.0 Å². The highest BCUT2D eigenvalue weighted by Gasteiger charge is 2.33. The summed E-state index contributed by atoms with van der Waals surface area (Å²) < 4.78 is 30.0. The fourth-order valence-corrected chi connectivity index (χ4v) is 6.01. The quantitative estimate of drug-likeness (QED) is 0.430. The van der Waals surface area contributed by atoms with Crippen LogP contribution in [0.5, 0.6) is 0 Å². The van der Waals surface area contributed by atoms with Gasteiger partial charge in [0.15, 0.2) is 0 Å². The number of hydrogen-bond acceptors (Lipinski definition) is 4. The zero-order valence-electron chi connectivity index (χ0n) is 22.9. The van der Waals surface area contributed by atoms with Gasteiger partial charge in [0.05, 0.1) is 5.69 Å². The molecule has 1 saturated carbocycles. The zero-order valence-corrected chi connectivity index (χ0v) is 25.3. The Morgan fingerprint density at radius 3 is 2.26 bits per heavy atom. The van der Waals surface area contributed by atoms with E-state index in [2.05, 4.69) is 21.2 Å². The smallest absolute Gasteiger partial charge is 0.304 e. The van der Waals surface area contributed by atoms with E-state index in [0.717, 1.165) is 55.5 Å². The van der Waals surface area contributed by atoms with Gasteiger partial charge in [0, 0.05) is 31.2 Å². The second kappa shape index (κ2) is 13.1. The molecule has 1 aliphatic rings. The molecule has 0 heterocycles. The summed E-state index contributed by atoms with van der Waals surface area (Å²) in [6, 6.07) is 12.4. The summed E-state index contributed by atoms with van der Waals surface area (Å²) >= 11 is 3.43. The minimum absolute atomic E-state index is 0.101. The van der Waals surface area contributed by atoms with Crippen molar-refractivity contribution in [2.75, 3.05) is 24.9 Å². The van der Waals surface area contributed by atoms with Crippen LogP contribution in [0.15, 0.2) is 46.9 Å². The van der Waals surface area contributed by atoms with Gasteiger partial charge in [0.1, 0.15) is 12.6 Å². The number of carbonyl (C=O) groups is 2. The third-order valence-electron chi connectivity index (χ3n) is 7.04. The largest absolute Gasteiger partial charge is 0.352 e. The second-order valence-electron chi connectivity index (χ2n) is 10.3. The van der Waals surface area contributed by atoms with E-state index in [4.69, 9.17) is 0 Å². The van der Waals surface area contributed by atoms with Crippen LogP contribution in [0.4, 0.5) is 5.69 Å². The van der Waals surface area contributed by atoms with Gasteiger partial charge in [0.25, 0.3) is 0 Å². The molecule has 1 atom stereocenters. The van der Waals surface area contributed by atoms with E-state index in [1.165, 1.54) is 25.4 Å². The fraction of sp³-hybridized carbons (Fsp3) is 0.500. The molecule has 0 aliphatic heterocycles. The monoisotopic (exact) mass is 606 g/mol. The van der Waals surface area contributed by atoms with Gasteiger partial charge in [-0.1, -0.05) is 59.5 Å². The number of rotatable bonds is 10. The maximum atomic E-state index is 13.9. The first-order valence-corrected chi connectivity index (χ1v) is 15.2. The first kappa shape index (κ1) is 30.1. The zero-order chi connectivity index (χ0) is 28.0. The summed E-state index contributed by atoms with van der Waals surface area (Å²) in [6.07, 6.45) is 5.19. The lowest BCUT2D eigenvalue weighted by Gasteiger charge is -2.34. The SMILES string of the molecule is Cc1ccc(C)c(N(CC(=O)N(Cc2ccc(Br)cc2)[C@@H](C)C(=O)NC2CCCCC2)S(=O)(=O)N(C)C)c1. The molecule has 10 heteroatoms. The summed E-state index contributed by atoms with van der Waals surface area (Å²) in [4.78, 5) is 28.7. The summed E-state index contributed by atoms with van der Waals surface area (Å²) in [7, 11) is -1.11. The lowest BCUT2D eigenvalue weighted by Crippen LogP contribution is -2.53. The highest BCUT2D eigenvalue weighted by atomic mass is 79.9. The van der Waals surface area contributed by atoms with Crippen molar-refractivity contribution >= 4 is 43.6 Å². The maximum Gasteiger partial charge on any atom is 0.304 e. The first-order valence-electron chi connectivity index (χ1n) is 13.0. The molecule has 0 bridgehead atoms. The van der Waals surface area contributed by atoms with Crippen LogP contribution in [-0.2, 0) is 26.3 Å². The predicted octanol–water partition coefficient (Wildman–Crippen LogP) is 4.54. The van der Waals surface area contributed by atoms with E-state index in [1.807, 2.05) is 50.2 Å². The van der Waals surface area contributed by atoms with Gasteiger partial charge >= 0.3 is 10.2 Å². The number of hydrogen-bond donors (Lipinski definition) is 1. The third kappa shape index (κ3) is 7.57. The van der Waals surface area contributed by atoms with Gasteiger partial charge in [-0.15, -0.1) is 0 Å². The van der Waals surface area contributed by atoms with Crippen LogP contribution in [0.1, 0.15) is 55.7 Å². The average molecular weight is 608 g/mol. The van der Waals surface area contributed by atoms with Crippen molar-refractivity contribution in [2.45, 2.75) is 71.5 Å². The fourth-order valence-electron chi connectivity index (χ4n) is 4.63. The molecular weight excluding hydrogens is 568 g/mol. The van der Waals surface area contributed by atoms with Gasteiger partial charge in [0.2, 0.25) is 11.8 Å². The molecule has 1 fully saturated rings. The Labute approximate surface area is 235 Å². The number of aryl methyl sites for hydroxylation is 2. The Balaban J connectivity index is 1.94. The standard InChI is InChI=1S/C28H39BrN4O4S/c1-20-11-12-21(2)26(17-20)33(38(36,37)31(4)5)19-27(34)32(18-23-13-15-24(29)16-14-23)22(3)28(35)30-25-9-7-6-8-10-25/h11-17,22,25H,6-10,18-19H2,1-5H3,(H,30,35)/t22-/m0/s1. The minimum atomic E-state index is -3.99. The molecule has 1 aliphatic carbocycles. The molecule has 3 rings (SSSR count). The average Bonchev–Trinajstić information content (AvgIpc) is 2.88. The Bertz CT molecular complexity index is 1230. The van der Waals surface area contributed by atoms with Crippen LogP contribution in [0.25, 0.3) is 0 Å². The summed E-state index contributed by atoms with van der Waals surface area (Å²) in [5.74, 6) is -0.679. The molecule has 0 saturated heterocycles. The van der Waals surface area contributed by atoms with Crippen molar-refractivity contribution in [1.82, 2.24) is 14.5 Å². The Morgan fingerprint density at radius 2 is 1.66 bits per heavy atom. The molecule has 2 amide bonds. The van der Waals surface area contributed by atoms with Crippen LogP contribution in [-0.4, -0.2) is 62.2 Å². The van der Waals surface area contributed by atoms with E-state index < -0.39 is 28.7 Å². The van der Waals surface area contributed by atoms with E-state index in [9.17, 15) is 18.0 Å². The van der Waals surface area contributed by atoms with Crippen molar-refractivity contribution in [1.29, 1.82) is 0 Å². The number of carbonyl (C=O) groups excluding carboxylic acids is 2. The number of nitrogens with zero attached hydrogens (tertiary/aromatic N) is 3. The maximum absolute atomic E-state index is 13.9. The van der Waals surface area contributed by atoms with E-state index in [-0.39, 0.29) is 18.5 Å². The molecule has 0 spiro atoms. The molecule has 1 N–H and O–H groups in total. The van der Waals surface area contributed by atoms with Gasteiger partial charge in [-0.3, -0.25) is 9.59 Å². The van der Waals surface area contributed by atoms with Crippen LogP contribution in [0.2, 0.25) is 0 Å². The molecule has 208 valence electrons. The van der Waals surface area contributed by atoms with Gasteiger partial charge in [-0.25, -0.2) is 4.31 Å². The number of halogens is 1. The highest BCUT2D eigenvalue weighted by Crippen LogP contribution is 2.26. The Hall–Kier alpha value is -2.43. The number of amides is 2. The van der Waals surface area contributed by atoms with Crippen LogP contribution in [0.3, 0.4) is 0 Å². The molecule has 0 aromatic heterocycles. The van der Waals surface area contributed by atoms with Crippen LogP contribution >= 0.6 is 15.9 Å². The van der Waals surface area contributed by atoms with Crippen LogP contribution < -0.4 is 9.62 Å². The lowest BCUT2D eigenvalue weighted by atomic mass is 9.95. The lowest BCUT2D eigenvalue weighted by molar-refractivity contribution is -0.139. The minimum Gasteiger partial charge on any atom is -0.352 e. The van der Waals surface area contributed by atoms with Crippen LogP contribution in [0, 0.1) is 13.8 Å². The van der Waals surface area contributed by atoms with Gasteiger partial charge in [-0.2, -0.15) is 12.7 Å². The van der Waals surface area contributed by atoms with Crippen molar-refractivity contribution in [3.8, 4) is 0 Å².